The number of amides is 2. The summed E-state index contributed by atoms with van der Waals surface area (Å²) in [6.45, 7) is 6.36. The number of likely N-dealkylation sites (tertiary alicyclic amines) is 1. The first-order valence-electron chi connectivity index (χ1n) is 7.67. The van der Waals surface area contributed by atoms with Gasteiger partial charge >= 0.3 is 6.03 Å². The second-order valence-electron chi connectivity index (χ2n) is 5.55. The van der Waals surface area contributed by atoms with Crippen LogP contribution in [0.4, 0.5) is 10.5 Å². The first kappa shape index (κ1) is 15.8. The number of carbonyl (C=O) groups is 1. The van der Waals surface area contributed by atoms with Crippen molar-refractivity contribution in [2.75, 3.05) is 25.0 Å². The van der Waals surface area contributed by atoms with Crippen molar-refractivity contribution in [3.8, 4) is 0 Å². The lowest BCUT2D eigenvalue weighted by Gasteiger charge is -2.29. The Morgan fingerprint density at radius 1 is 1.33 bits per heavy atom. The lowest BCUT2D eigenvalue weighted by molar-refractivity contribution is 0.0972. The van der Waals surface area contributed by atoms with Gasteiger partial charge in [0.2, 0.25) is 0 Å². The number of rotatable bonds is 4. The van der Waals surface area contributed by atoms with E-state index in [9.17, 15) is 9.90 Å². The number of nitrogens with zero attached hydrogens (tertiary/aromatic N) is 1. The van der Waals surface area contributed by atoms with Crippen molar-refractivity contribution in [3.05, 3.63) is 29.8 Å². The van der Waals surface area contributed by atoms with Gasteiger partial charge in [-0.25, -0.2) is 4.79 Å². The van der Waals surface area contributed by atoms with Crippen molar-refractivity contribution >= 4 is 11.7 Å². The Labute approximate surface area is 126 Å². The van der Waals surface area contributed by atoms with E-state index in [1.807, 2.05) is 24.3 Å². The van der Waals surface area contributed by atoms with E-state index in [0.717, 1.165) is 12.2 Å². The van der Waals surface area contributed by atoms with E-state index >= 15 is 0 Å². The van der Waals surface area contributed by atoms with Gasteiger partial charge in [0.1, 0.15) is 0 Å². The van der Waals surface area contributed by atoms with Crippen molar-refractivity contribution in [1.82, 2.24) is 10.2 Å². The Kier molecular flexibility index (Phi) is 5.59. The highest BCUT2D eigenvalue weighted by atomic mass is 16.3. The second kappa shape index (κ2) is 7.43. The van der Waals surface area contributed by atoms with Crippen molar-refractivity contribution in [1.29, 1.82) is 0 Å². The van der Waals surface area contributed by atoms with Gasteiger partial charge in [-0.3, -0.25) is 0 Å². The molecule has 0 spiro atoms. The van der Waals surface area contributed by atoms with Crippen molar-refractivity contribution in [2.24, 2.45) is 0 Å². The van der Waals surface area contributed by atoms with Gasteiger partial charge in [0.05, 0.1) is 6.10 Å². The molecule has 2 rings (SSSR count). The summed E-state index contributed by atoms with van der Waals surface area (Å²) in [5.74, 6) is 0. The second-order valence-corrected chi connectivity index (χ2v) is 5.55. The lowest BCUT2D eigenvalue weighted by Crippen LogP contribution is -2.42. The van der Waals surface area contributed by atoms with Crippen LogP contribution in [0.3, 0.4) is 0 Å². The number of urea groups is 1. The number of aliphatic hydroxyl groups is 1. The van der Waals surface area contributed by atoms with Crippen LogP contribution in [0, 0.1) is 0 Å². The molecular weight excluding hydrogens is 266 g/mol. The van der Waals surface area contributed by atoms with Crippen LogP contribution >= 0.6 is 0 Å². The highest BCUT2D eigenvalue weighted by Crippen LogP contribution is 2.17. The zero-order chi connectivity index (χ0) is 15.2. The van der Waals surface area contributed by atoms with E-state index in [-0.39, 0.29) is 12.1 Å². The van der Waals surface area contributed by atoms with Crippen LogP contribution < -0.4 is 10.6 Å². The summed E-state index contributed by atoms with van der Waals surface area (Å²) < 4.78 is 0. The third-order valence-corrected chi connectivity index (χ3v) is 3.92. The average Bonchev–Trinajstić information content (AvgIpc) is 2.49. The first-order valence-corrected chi connectivity index (χ1v) is 7.67. The van der Waals surface area contributed by atoms with Gasteiger partial charge in [-0.15, -0.1) is 0 Å². The number of nitrogens with one attached hydrogen (secondary N) is 2. The molecule has 5 heteroatoms. The molecule has 1 atom stereocenters. The topological polar surface area (TPSA) is 64.6 Å². The van der Waals surface area contributed by atoms with Crippen molar-refractivity contribution < 1.29 is 9.90 Å². The number of benzene rings is 1. The number of piperidine rings is 1. The molecule has 21 heavy (non-hydrogen) atoms. The monoisotopic (exact) mass is 291 g/mol. The predicted octanol–water partition coefficient (Wildman–Crippen LogP) is 2.35. The summed E-state index contributed by atoms with van der Waals surface area (Å²) in [6.07, 6.45) is 1.06. The quantitative estimate of drug-likeness (QED) is 0.798. The smallest absolute Gasteiger partial charge is 0.321 e. The summed E-state index contributed by atoms with van der Waals surface area (Å²) in [7, 11) is 0. The molecule has 0 aliphatic carbocycles. The van der Waals surface area contributed by atoms with Crippen molar-refractivity contribution in [3.63, 3.8) is 0 Å². The molecule has 1 heterocycles. The maximum atomic E-state index is 12.1. The molecule has 1 unspecified atom stereocenters. The Morgan fingerprint density at radius 2 is 1.95 bits per heavy atom. The van der Waals surface area contributed by atoms with Crippen LogP contribution in [0.15, 0.2) is 24.3 Å². The number of hydrogen-bond acceptors (Lipinski definition) is 3. The molecule has 0 bridgehead atoms. The van der Waals surface area contributed by atoms with Crippen LogP contribution in [0.25, 0.3) is 0 Å². The molecule has 0 aromatic heterocycles. The van der Waals surface area contributed by atoms with Crippen LogP contribution in [0.5, 0.6) is 0 Å². The van der Waals surface area contributed by atoms with Crippen LogP contribution in [-0.4, -0.2) is 41.8 Å². The molecule has 1 fully saturated rings. The zero-order valence-electron chi connectivity index (χ0n) is 12.8. The largest absolute Gasteiger partial charge is 0.393 e. The molecule has 1 aromatic rings. The minimum absolute atomic E-state index is 0.0885. The Bertz CT molecular complexity index is 453. The summed E-state index contributed by atoms with van der Waals surface area (Å²) >= 11 is 0. The summed E-state index contributed by atoms with van der Waals surface area (Å²) in [5.41, 5.74) is 2.01. The van der Waals surface area contributed by atoms with E-state index in [1.54, 1.807) is 4.90 Å². The standard InChI is InChI=1S/C16H25N3O2/c1-3-17-12(2)13-4-6-14(7-5-13)18-16(21)19-10-8-15(20)9-11-19/h4-7,12,15,17,20H,3,8-11H2,1-2H3,(H,18,21). The summed E-state index contributed by atoms with van der Waals surface area (Å²) in [6, 6.07) is 8.14. The number of aliphatic hydroxyl groups excluding tert-OH is 1. The maximum Gasteiger partial charge on any atom is 0.321 e. The van der Waals surface area contributed by atoms with E-state index < -0.39 is 0 Å². The molecule has 1 aromatic carbocycles. The average molecular weight is 291 g/mol. The van der Waals surface area contributed by atoms with Gasteiger partial charge in [0.25, 0.3) is 0 Å². The molecule has 116 valence electrons. The third-order valence-electron chi connectivity index (χ3n) is 3.92. The summed E-state index contributed by atoms with van der Waals surface area (Å²) in [5, 5.41) is 15.7. The van der Waals surface area contributed by atoms with Gasteiger partial charge in [0.15, 0.2) is 0 Å². The van der Waals surface area contributed by atoms with E-state index in [0.29, 0.717) is 32.0 Å². The lowest BCUT2D eigenvalue weighted by atomic mass is 10.1. The van der Waals surface area contributed by atoms with Gasteiger partial charge in [-0.1, -0.05) is 19.1 Å². The molecule has 0 saturated carbocycles. The molecular formula is C16H25N3O2. The van der Waals surface area contributed by atoms with E-state index in [1.165, 1.54) is 5.56 Å². The number of hydrogen-bond donors (Lipinski definition) is 3. The van der Waals surface area contributed by atoms with Crippen LogP contribution in [-0.2, 0) is 0 Å². The molecule has 3 N–H and O–H groups in total. The first-order chi connectivity index (χ1) is 10.1. The molecule has 1 aliphatic rings. The number of carbonyl (C=O) groups excluding carboxylic acids is 1. The highest BCUT2D eigenvalue weighted by molar-refractivity contribution is 5.89. The Hall–Kier alpha value is -1.59. The molecule has 1 saturated heterocycles. The fraction of sp³-hybridized carbons (Fsp3) is 0.562. The maximum absolute atomic E-state index is 12.1. The fourth-order valence-corrected chi connectivity index (χ4v) is 2.55. The third kappa shape index (κ3) is 4.44. The number of anilines is 1. The fourth-order valence-electron chi connectivity index (χ4n) is 2.55. The summed E-state index contributed by atoms with van der Waals surface area (Å²) in [4.78, 5) is 13.9. The van der Waals surface area contributed by atoms with Gasteiger partial charge in [-0.05, 0) is 44.0 Å². The van der Waals surface area contributed by atoms with E-state index in [4.69, 9.17) is 0 Å². The predicted molar refractivity (Wildman–Crippen MR) is 84.4 cm³/mol. The van der Waals surface area contributed by atoms with Gasteiger partial charge < -0.3 is 20.6 Å². The molecule has 0 radical (unpaired) electrons. The SMILES string of the molecule is CCNC(C)c1ccc(NC(=O)N2CCC(O)CC2)cc1. The van der Waals surface area contributed by atoms with Gasteiger partial charge in [0, 0.05) is 24.8 Å². The van der Waals surface area contributed by atoms with Crippen molar-refractivity contribution in [2.45, 2.75) is 38.8 Å². The Balaban J connectivity index is 1.89. The molecule has 1 aliphatic heterocycles. The normalized spacial score (nSPS) is 17.6. The minimum atomic E-state index is -0.263. The molecule has 5 nitrogen and oxygen atoms in total. The zero-order valence-corrected chi connectivity index (χ0v) is 12.8. The van der Waals surface area contributed by atoms with Crippen LogP contribution in [0.1, 0.15) is 38.3 Å². The Morgan fingerprint density at radius 3 is 2.52 bits per heavy atom. The van der Waals surface area contributed by atoms with Crippen LogP contribution in [0.2, 0.25) is 0 Å². The molecule has 2 amide bonds. The minimum Gasteiger partial charge on any atom is -0.393 e. The van der Waals surface area contributed by atoms with E-state index in [2.05, 4.69) is 24.5 Å². The van der Waals surface area contributed by atoms with Gasteiger partial charge in [-0.2, -0.15) is 0 Å². The highest BCUT2D eigenvalue weighted by Gasteiger charge is 2.21.